The van der Waals surface area contributed by atoms with Crippen molar-refractivity contribution in [2.45, 2.75) is 46.6 Å². The fraction of sp³-hybridized carbons (Fsp3) is 1.00. The van der Waals surface area contributed by atoms with E-state index < -0.39 is 0 Å². The fourth-order valence-electron chi connectivity index (χ4n) is 2.69. The zero-order valence-electron chi connectivity index (χ0n) is 13.8. The Kier molecular flexibility index (Phi) is 7.96. The van der Waals surface area contributed by atoms with E-state index in [1.54, 1.807) is 0 Å². The largest absolute Gasteiger partial charge is 0.316 e. The number of likely N-dealkylation sites (N-methyl/N-ethyl adjacent to an activating group) is 1. The van der Waals surface area contributed by atoms with Crippen LogP contribution in [-0.4, -0.2) is 62.2 Å². The third-order valence-corrected chi connectivity index (χ3v) is 4.47. The molecule has 2 unspecified atom stereocenters. The summed E-state index contributed by atoms with van der Waals surface area (Å²) in [5, 5.41) is 3.60. The Balaban J connectivity index is 2.11. The molecule has 1 aliphatic heterocycles. The number of hydrogen-bond donors (Lipinski definition) is 1. The van der Waals surface area contributed by atoms with E-state index in [1.165, 1.54) is 45.6 Å². The Hall–Kier alpha value is -0.120. The van der Waals surface area contributed by atoms with Gasteiger partial charge in [-0.15, -0.1) is 0 Å². The standard InChI is InChI=1S/C16H35N3/c1-6-15(4)18(5)9-10-19-8-7-16(13-19)12-17-11-14(2)3/h14-17H,6-13H2,1-5H3. The number of nitrogens with zero attached hydrogens (tertiary/aromatic N) is 2. The average Bonchev–Trinajstić information content (AvgIpc) is 2.82. The molecule has 0 amide bonds. The van der Waals surface area contributed by atoms with E-state index in [-0.39, 0.29) is 0 Å². The first kappa shape index (κ1) is 16.9. The second kappa shape index (κ2) is 8.93. The molecule has 114 valence electrons. The lowest BCUT2D eigenvalue weighted by Crippen LogP contribution is -2.37. The molecule has 0 bridgehead atoms. The van der Waals surface area contributed by atoms with E-state index in [0.29, 0.717) is 6.04 Å². The van der Waals surface area contributed by atoms with Crippen molar-refractivity contribution in [1.29, 1.82) is 0 Å². The molecule has 0 aromatic carbocycles. The van der Waals surface area contributed by atoms with Gasteiger partial charge >= 0.3 is 0 Å². The third-order valence-electron chi connectivity index (χ3n) is 4.47. The molecule has 1 rings (SSSR count). The normalized spacial score (nSPS) is 22.6. The van der Waals surface area contributed by atoms with Crippen LogP contribution in [0.5, 0.6) is 0 Å². The summed E-state index contributed by atoms with van der Waals surface area (Å²) in [5.41, 5.74) is 0. The molecule has 1 saturated heterocycles. The van der Waals surface area contributed by atoms with Gasteiger partial charge in [0.25, 0.3) is 0 Å². The summed E-state index contributed by atoms with van der Waals surface area (Å²) >= 11 is 0. The maximum absolute atomic E-state index is 3.60. The van der Waals surface area contributed by atoms with Crippen LogP contribution >= 0.6 is 0 Å². The quantitative estimate of drug-likeness (QED) is 0.693. The number of likely N-dealkylation sites (tertiary alicyclic amines) is 1. The van der Waals surface area contributed by atoms with Gasteiger partial charge in [-0.05, 0) is 58.3 Å². The van der Waals surface area contributed by atoms with Crippen LogP contribution in [0.15, 0.2) is 0 Å². The van der Waals surface area contributed by atoms with Gasteiger partial charge in [-0.1, -0.05) is 20.8 Å². The molecule has 3 nitrogen and oxygen atoms in total. The summed E-state index contributed by atoms with van der Waals surface area (Å²) in [5.74, 6) is 1.63. The molecule has 19 heavy (non-hydrogen) atoms. The first-order valence-electron chi connectivity index (χ1n) is 8.16. The smallest absolute Gasteiger partial charge is 0.0109 e. The van der Waals surface area contributed by atoms with Gasteiger partial charge in [0.2, 0.25) is 0 Å². The summed E-state index contributed by atoms with van der Waals surface area (Å²) in [4.78, 5) is 5.13. The predicted molar refractivity (Wildman–Crippen MR) is 84.6 cm³/mol. The zero-order valence-corrected chi connectivity index (χ0v) is 13.8. The molecule has 0 aliphatic carbocycles. The summed E-state index contributed by atoms with van der Waals surface area (Å²) in [6, 6.07) is 0.714. The highest BCUT2D eigenvalue weighted by Gasteiger charge is 2.22. The molecule has 0 aromatic rings. The highest BCUT2D eigenvalue weighted by atomic mass is 15.2. The first-order chi connectivity index (χ1) is 9.02. The molecular formula is C16H35N3. The highest BCUT2D eigenvalue weighted by molar-refractivity contribution is 4.78. The second-order valence-electron chi connectivity index (χ2n) is 6.75. The Labute approximate surface area is 120 Å². The predicted octanol–water partition coefficient (Wildman–Crippen LogP) is 2.28. The number of nitrogens with one attached hydrogen (secondary N) is 1. The van der Waals surface area contributed by atoms with Crippen LogP contribution < -0.4 is 5.32 Å². The van der Waals surface area contributed by atoms with Crippen LogP contribution in [0.4, 0.5) is 0 Å². The van der Waals surface area contributed by atoms with Crippen LogP contribution in [0.2, 0.25) is 0 Å². The van der Waals surface area contributed by atoms with Crippen LogP contribution in [0.1, 0.15) is 40.5 Å². The summed E-state index contributed by atoms with van der Waals surface area (Å²) in [7, 11) is 2.26. The van der Waals surface area contributed by atoms with Crippen LogP contribution in [-0.2, 0) is 0 Å². The molecule has 0 saturated carbocycles. The maximum Gasteiger partial charge on any atom is 0.0109 e. The minimum atomic E-state index is 0.714. The number of rotatable bonds is 9. The molecule has 1 heterocycles. The van der Waals surface area contributed by atoms with Crippen LogP contribution in [0.3, 0.4) is 0 Å². The van der Waals surface area contributed by atoms with Crippen molar-refractivity contribution in [2.24, 2.45) is 11.8 Å². The Morgan fingerprint density at radius 1 is 1.32 bits per heavy atom. The molecular weight excluding hydrogens is 234 g/mol. The zero-order chi connectivity index (χ0) is 14.3. The van der Waals surface area contributed by atoms with Gasteiger partial charge in [-0.3, -0.25) is 0 Å². The molecule has 0 radical (unpaired) electrons. The van der Waals surface area contributed by atoms with Crippen molar-refractivity contribution in [3.8, 4) is 0 Å². The van der Waals surface area contributed by atoms with Gasteiger partial charge < -0.3 is 15.1 Å². The van der Waals surface area contributed by atoms with E-state index in [1.807, 2.05) is 0 Å². The van der Waals surface area contributed by atoms with Crippen molar-refractivity contribution >= 4 is 0 Å². The summed E-state index contributed by atoms with van der Waals surface area (Å²) in [6.45, 7) is 16.5. The third kappa shape index (κ3) is 6.73. The van der Waals surface area contributed by atoms with Gasteiger partial charge in [0, 0.05) is 25.7 Å². The molecule has 1 fully saturated rings. The molecule has 2 atom stereocenters. The van der Waals surface area contributed by atoms with E-state index in [2.05, 4.69) is 49.9 Å². The van der Waals surface area contributed by atoms with Gasteiger partial charge in [0.1, 0.15) is 0 Å². The maximum atomic E-state index is 3.60. The van der Waals surface area contributed by atoms with Gasteiger partial charge in [-0.2, -0.15) is 0 Å². The monoisotopic (exact) mass is 269 g/mol. The second-order valence-corrected chi connectivity index (χ2v) is 6.75. The summed E-state index contributed by atoms with van der Waals surface area (Å²) in [6.07, 6.45) is 2.62. The van der Waals surface area contributed by atoms with Crippen LogP contribution in [0.25, 0.3) is 0 Å². The van der Waals surface area contributed by atoms with Gasteiger partial charge in [0.15, 0.2) is 0 Å². The Bertz CT molecular complexity index is 230. The van der Waals surface area contributed by atoms with Crippen molar-refractivity contribution in [3.05, 3.63) is 0 Å². The van der Waals surface area contributed by atoms with Gasteiger partial charge in [-0.25, -0.2) is 0 Å². The van der Waals surface area contributed by atoms with E-state index in [4.69, 9.17) is 0 Å². The molecule has 0 aromatic heterocycles. The average molecular weight is 269 g/mol. The molecule has 0 spiro atoms. The first-order valence-corrected chi connectivity index (χ1v) is 8.16. The lowest BCUT2D eigenvalue weighted by atomic mass is 10.1. The minimum absolute atomic E-state index is 0.714. The fourth-order valence-corrected chi connectivity index (χ4v) is 2.69. The van der Waals surface area contributed by atoms with E-state index >= 15 is 0 Å². The van der Waals surface area contributed by atoms with Crippen LogP contribution in [0, 0.1) is 11.8 Å². The van der Waals surface area contributed by atoms with Crippen molar-refractivity contribution in [3.63, 3.8) is 0 Å². The molecule has 1 N–H and O–H groups in total. The Morgan fingerprint density at radius 3 is 2.68 bits per heavy atom. The Morgan fingerprint density at radius 2 is 2.05 bits per heavy atom. The van der Waals surface area contributed by atoms with Crippen molar-refractivity contribution < 1.29 is 0 Å². The SMILES string of the molecule is CCC(C)N(C)CCN1CCC(CNCC(C)C)C1. The van der Waals surface area contributed by atoms with Gasteiger partial charge in [0.05, 0.1) is 0 Å². The minimum Gasteiger partial charge on any atom is -0.316 e. The lowest BCUT2D eigenvalue weighted by molar-refractivity contribution is 0.208. The number of hydrogen-bond acceptors (Lipinski definition) is 3. The topological polar surface area (TPSA) is 18.5 Å². The van der Waals surface area contributed by atoms with Crippen molar-refractivity contribution in [2.75, 3.05) is 46.3 Å². The van der Waals surface area contributed by atoms with E-state index in [9.17, 15) is 0 Å². The molecule has 3 heteroatoms. The van der Waals surface area contributed by atoms with E-state index in [0.717, 1.165) is 18.4 Å². The lowest BCUT2D eigenvalue weighted by Gasteiger charge is -2.26. The summed E-state index contributed by atoms with van der Waals surface area (Å²) < 4.78 is 0. The van der Waals surface area contributed by atoms with Crippen molar-refractivity contribution in [1.82, 2.24) is 15.1 Å². The molecule has 1 aliphatic rings. The highest BCUT2D eigenvalue weighted by Crippen LogP contribution is 2.15.